The lowest BCUT2D eigenvalue weighted by Crippen LogP contribution is -2.34. The van der Waals surface area contributed by atoms with Crippen molar-refractivity contribution in [3.8, 4) is 0 Å². The molecular formula is C36H75Si. The summed E-state index contributed by atoms with van der Waals surface area (Å²) in [6, 6.07) is 6.70. The van der Waals surface area contributed by atoms with Gasteiger partial charge in [0.15, 0.2) is 0 Å². The maximum Gasteiger partial charge on any atom is 0.0535 e. The van der Waals surface area contributed by atoms with E-state index in [1.54, 1.807) is 49.9 Å². The number of hydrogen-bond donors (Lipinski definition) is 0. The van der Waals surface area contributed by atoms with E-state index in [2.05, 4.69) is 27.7 Å². The maximum atomic E-state index is 3.98. The summed E-state index contributed by atoms with van der Waals surface area (Å²) in [5.74, 6) is 0. The third kappa shape index (κ3) is 26.2. The van der Waals surface area contributed by atoms with Crippen molar-refractivity contribution in [3.05, 3.63) is 6.92 Å². The molecule has 0 unspecified atom stereocenters. The molecule has 0 aromatic rings. The van der Waals surface area contributed by atoms with Crippen molar-refractivity contribution >= 4 is 8.07 Å². The number of unbranched alkanes of at least 4 members (excludes halogenated alkanes) is 24. The highest BCUT2D eigenvalue weighted by Crippen LogP contribution is 2.35. The fourth-order valence-corrected chi connectivity index (χ4v) is 12.0. The van der Waals surface area contributed by atoms with Crippen LogP contribution in [-0.4, -0.2) is 8.07 Å². The van der Waals surface area contributed by atoms with E-state index in [1.807, 2.05) is 0 Å². The first kappa shape index (κ1) is 37.2. The predicted octanol–water partition coefficient (Wildman–Crippen LogP) is 14.3. The summed E-state index contributed by atoms with van der Waals surface area (Å²) in [5, 5.41) is 0. The molecule has 1 radical (unpaired) electrons. The molecule has 0 nitrogen and oxygen atoms in total. The van der Waals surface area contributed by atoms with E-state index in [1.165, 1.54) is 148 Å². The summed E-state index contributed by atoms with van der Waals surface area (Å²) < 4.78 is 0. The van der Waals surface area contributed by atoms with Gasteiger partial charge in [0.1, 0.15) is 0 Å². The first-order valence-electron chi connectivity index (χ1n) is 18.0. The van der Waals surface area contributed by atoms with Gasteiger partial charge >= 0.3 is 0 Å². The van der Waals surface area contributed by atoms with E-state index in [-0.39, 0.29) is 0 Å². The van der Waals surface area contributed by atoms with Gasteiger partial charge in [-0.2, -0.15) is 0 Å². The average Bonchev–Trinajstić information content (AvgIpc) is 2.91. The molecule has 0 saturated heterocycles. The molecule has 0 rings (SSSR count). The highest BCUT2D eigenvalue weighted by atomic mass is 28.3. The van der Waals surface area contributed by atoms with Gasteiger partial charge in [-0.05, 0) is 0 Å². The minimum Gasteiger partial charge on any atom is -0.0654 e. The molecule has 0 aromatic heterocycles. The minimum absolute atomic E-state index is 1.10. The van der Waals surface area contributed by atoms with E-state index in [9.17, 15) is 0 Å². The van der Waals surface area contributed by atoms with Crippen molar-refractivity contribution in [1.82, 2.24) is 0 Å². The molecule has 0 heterocycles. The molecule has 0 atom stereocenters. The lowest BCUT2D eigenvalue weighted by atomic mass is 10.1. The van der Waals surface area contributed by atoms with Crippen LogP contribution in [0.2, 0.25) is 24.2 Å². The Morgan fingerprint density at radius 3 is 0.757 bits per heavy atom. The van der Waals surface area contributed by atoms with E-state index in [4.69, 9.17) is 0 Å². The van der Waals surface area contributed by atoms with Crippen LogP contribution in [0.4, 0.5) is 0 Å². The third-order valence-electron chi connectivity index (χ3n) is 9.14. The topological polar surface area (TPSA) is 0 Å². The molecule has 0 fully saturated rings. The second-order valence-electron chi connectivity index (χ2n) is 12.8. The first-order valence-corrected chi connectivity index (χ1v) is 20.9. The van der Waals surface area contributed by atoms with Gasteiger partial charge in [-0.25, -0.2) is 0 Å². The molecule has 0 aliphatic rings. The monoisotopic (exact) mass is 536 g/mol. The molecule has 0 aliphatic carbocycles. The molecule has 0 N–H and O–H groups in total. The van der Waals surface area contributed by atoms with Gasteiger partial charge < -0.3 is 0 Å². The van der Waals surface area contributed by atoms with E-state index >= 15 is 0 Å². The van der Waals surface area contributed by atoms with E-state index in [0.717, 1.165) is 6.42 Å². The second-order valence-corrected chi connectivity index (χ2v) is 17.8. The Kier molecular flexibility index (Phi) is 30.9. The lowest BCUT2D eigenvalue weighted by Gasteiger charge is -2.33. The van der Waals surface area contributed by atoms with E-state index < -0.39 is 8.07 Å². The van der Waals surface area contributed by atoms with E-state index in [0.29, 0.717) is 0 Å². The Bertz CT molecular complexity index is 363. The van der Waals surface area contributed by atoms with Gasteiger partial charge in [0.25, 0.3) is 0 Å². The molecular weight excluding hydrogens is 460 g/mol. The molecule has 0 aliphatic heterocycles. The molecule has 0 amide bonds. The van der Waals surface area contributed by atoms with Crippen molar-refractivity contribution in [3.63, 3.8) is 0 Å². The van der Waals surface area contributed by atoms with Crippen LogP contribution in [-0.2, 0) is 0 Å². The van der Waals surface area contributed by atoms with Crippen LogP contribution in [0, 0.1) is 6.92 Å². The zero-order chi connectivity index (χ0) is 27.1. The standard InChI is InChI=1S/C36H75Si/c1-5-9-13-17-21-22-23-24-28-32-36-37(33-29-25-18-14-10-6-2,34-30-26-19-15-11-7-3)35-31-27-20-16-12-8-4/h1,5-36H2,2-4H3. The second kappa shape index (κ2) is 30.8. The Hall–Kier alpha value is 0.217. The average molecular weight is 536 g/mol. The Morgan fingerprint density at radius 2 is 0.514 bits per heavy atom. The zero-order valence-corrected chi connectivity index (χ0v) is 27.8. The van der Waals surface area contributed by atoms with Crippen molar-refractivity contribution < 1.29 is 0 Å². The van der Waals surface area contributed by atoms with Gasteiger partial charge in [0.2, 0.25) is 0 Å². The lowest BCUT2D eigenvalue weighted by molar-refractivity contribution is 0.563. The Labute approximate surface area is 239 Å². The van der Waals surface area contributed by atoms with Crippen LogP contribution >= 0.6 is 0 Å². The normalized spacial score (nSPS) is 12.0. The zero-order valence-electron chi connectivity index (χ0n) is 26.8. The largest absolute Gasteiger partial charge is 0.0654 e. The molecule has 37 heavy (non-hydrogen) atoms. The van der Waals surface area contributed by atoms with Crippen molar-refractivity contribution in [2.24, 2.45) is 0 Å². The number of hydrogen-bond acceptors (Lipinski definition) is 0. The molecule has 0 spiro atoms. The summed E-state index contributed by atoms with van der Waals surface area (Å²) in [6.45, 7) is 11.0. The summed E-state index contributed by atoms with van der Waals surface area (Å²) in [4.78, 5) is 0. The van der Waals surface area contributed by atoms with Gasteiger partial charge in [-0.15, -0.1) is 0 Å². The minimum atomic E-state index is -1.10. The molecule has 1 heteroatoms. The summed E-state index contributed by atoms with van der Waals surface area (Å²) in [5.41, 5.74) is 0. The highest BCUT2D eigenvalue weighted by molar-refractivity contribution is 6.79. The Balaban J connectivity index is 4.69. The highest BCUT2D eigenvalue weighted by Gasteiger charge is 2.30. The molecule has 0 aromatic carbocycles. The predicted molar refractivity (Wildman–Crippen MR) is 177 cm³/mol. The van der Waals surface area contributed by atoms with Crippen LogP contribution < -0.4 is 0 Å². The smallest absolute Gasteiger partial charge is 0.0535 e. The molecule has 0 saturated carbocycles. The summed E-state index contributed by atoms with van der Waals surface area (Å²) in [6.07, 6.45) is 41.1. The Morgan fingerprint density at radius 1 is 0.297 bits per heavy atom. The van der Waals surface area contributed by atoms with Crippen LogP contribution in [0.1, 0.15) is 201 Å². The van der Waals surface area contributed by atoms with Crippen molar-refractivity contribution in [2.45, 2.75) is 225 Å². The fraction of sp³-hybridized carbons (Fsp3) is 0.972. The van der Waals surface area contributed by atoms with Gasteiger partial charge in [0, 0.05) is 0 Å². The SMILES string of the molecule is [CH2]CCCCCCCCCCC[Si](CCCCCCCC)(CCCCCCCC)CCCCCCCC. The van der Waals surface area contributed by atoms with Gasteiger partial charge in [0.05, 0.1) is 8.07 Å². The summed E-state index contributed by atoms with van der Waals surface area (Å²) >= 11 is 0. The van der Waals surface area contributed by atoms with Crippen LogP contribution in [0.15, 0.2) is 0 Å². The van der Waals surface area contributed by atoms with Gasteiger partial charge in [-0.1, -0.05) is 232 Å². The fourth-order valence-electron chi connectivity index (χ4n) is 6.51. The van der Waals surface area contributed by atoms with Crippen molar-refractivity contribution in [2.75, 3.05) is 0 Å². The maximum absolute atomic E-state index is 3.98. The quantitative estimate of drug-likeness (QED) is 0.0593. The molecule has 223 valence electrons. The first-order chi connectivity index (χ1) is 18.2. The third-order valence-corrected chi connectivity index (χ3v) is 14.8. The summed E-state index contributed by atoms with van der Waals surface area (Å²) in [7, 11) is -1.10. The van der Waals surface area contributed by atoms with Crippen LogP contribution in [0.5, 0.6) is 0 Å². The van der Waals surface area contributed by atoms with Crippen LogP contribution in [0.25, 0.3) is 0 Å². The van der Waals surface area contributed by atoms with Gasteiger partial charge in [-0.3, -0.25) is 0 Å². The van der Waals surface area contributed by atoms with Crippen molar-refractivity contribution in [1.29, 1.82) is 0 Å². The van der Waals surface area contributed by atoms with Crippen LogP contribution in [0.3, 0.4) is 0 Å². The molecule has 0 bridgehead atoms. The number of rotatable bonds is 32.